The Bertz CT molecular complexity index is 329. The van der Waals surface area contributed by atoms with Crippen LogP contribution in [0.3, 0.4) is 0 Å². The van der Waals surface area contributed by atoms with Crippen LogP contribution in [0, 0.1) is 22.7 Å². The second-order valence-electron chi connectivity index (χ2n) is 4.92. The molecule has 1 unspecified atom stereocenters. The lowest BCUT2D eigenvalue weighted by molar-refractivity contribution is -0.146. The lowest BCUT2D eigenvalue weighted by Crippen LogP contribution is -2.47. The van der Waals surface area contributed by atoms with Gasteiger partial charge in [0.15, 0.2) is 0 Å². The molecule has 17 heavy (non-hydrogen) atoms. The molecule has 0 aromatic carbocycles. The van der Waals surface area contributed by atoms with Gasteiger partial charge < -0.3 is 10.1 Å². The molecule has 0 aromatic rings. The molecule has 96 valence electrons. The molecule has 1 N–H and O–H groups in total. The minimum absolute atomic E-state index is 0.240. The van der Waals surface area contributed by atoms with Crippen LogP contribution in [0.5, 0.6) is 0 Å². The summed E-state index contributed by atoms with van der Waals surface area (Å²) < 4.78 is 4.62. The van der Waals surface area contributed by atoms with Crippen molar-refractivity contribution >= 4 is 11.9 Å². The van der Waals surface area contributed by atoms with Crippen molar-refractivity contribution < 1.29 is 14.3 Å². The number of hydrogen-bond acceptors (Lipinski definition) is 4. The third-order valence-corrected chi connectivity index (χ3v) is 2.35. The molecule has 0 bridgehead atoms. The smallest absolute Gasteiger partial charge is 0.328 e. The second-order valence-corrected chi connectivity index (χ2v) is 4.92. The maximum atomic E-state index is 11.8. The molecule has 5 heteroatoms. The number of methoxy groups -OCH3 is 1. The highest BCUT2D eigenvalue weighted by molar-refractivity contribution is 5.89. The standard InChI is InChI=1S/C12H20N2O3/c1-8(2)6-9(10(15)17-5)14-11(16)12(3,4)7-13/h8-9H,6H2,1-5H3,(H,14,16). The predicted octanol–water partition coefficient (Wildman–Crippen LogP) is 1.24. The number of nitrogens with zero attached hydrogens (tertiary/aromatic N) is 1. The van der Waals surface area contributed by atoms with Crippen molar-refractivity contribution in [2.75, 3.05) is 7.11 Å². The van der Waals surface area contributed by atoms with E-state index < -0.39 is 23.3 Å². The van der Waals surface area contributed by atoms with Crippen molar-refractivity contribution in [1.82, 2.24) is 5.32 Å². The highest BCUT2D eigenvalue weighted by atomic mass is 16.5. The quantitative estimate of drug-likeness (QED) is 0.733. The normalized spacial score (nSPS) is 12.8. The van der Waals surface area contributed by atoms with Crippen LogP contribution in [0.25, 0.3) is 0 Å². The lowest BCUT2D eigenvalue weighted by Gasteiger charge is -2.22. The van der Waals surface area contributed by atoms with E-state index in [2.05, 4.69) is 10.1 Å². The van der Waals surface area contributed by atoms with Gasteiger partial charge in [-0.05, 0) is 26.2 Å². The molecule has 0 aliphatic rings. The van der Waals surface area contributed by atoms with Crippen LogP contribution in [-0.4, -0.2) is 25.0 Å². The fraction of sp³-hybridized carbons (Fsp3) is 0.750. The summed E-state index contributed by atoms with van der Waals surface area (Å²) in [6.45, 7) is 6.90. The van der Waals surface area contributed by atoms with Gasteiger partial charge in [-0.2, -0.15) is 5.26 Å². The largest absolute Gasteiger partial charge is 0.467 e. The molecule has 1 amide bonds. The summed E-state index contributed by atoms with van der Waals surface area (Å²) in [5.74, 6) is -0.707. The molecule has 0 radical (unpaired) electrons. The minimum atomic E-state index is -1.15. The molecule has 0 aromatic heterocycles. The van der Waals surface area contributed by atoms with Crippen LogP contribution in [0.15, 0.2) is 0 Å². The number of ether oxygens (including phenoxy) is 1. The SMILES string of the molecule is COC(=O)C(CC(C)C)NC(=O)C(C)(C)C#N. The van der Waals surface area contributed by atoms with Gasteiger partial charge in [0.25, 0.3) is 0 Å². The van der Waals surface area contributed by atoms with Crippen LogP contribution in [0.1, 0.15) is 34.1 Å². The van der Waals surface area contributed by atoms with Crippen molar-refractivity contribution in [3.63, 3.8) is 0 Å². The van der Waals surface area contributed by atoms with Crippen LogP contribution < -0.4 is 5.32 Å². The van der Waals surface area contributed by atoms with Crippen LogP contribution in [-0.2, 0) is 14.3 Å². The molecule has 0 saturated carbocycles. The summed E-state index contributed by atoms with van der Waals surface area (Å²) in [4.78, 5) is 23.2. The van der Waals surface area contributed by atoms with Crippen LogP contribution >= 0.6 is 0 Å². The molecule has 0 rings (SSSR count). The minimum Gasteiger partial charge on any atom is -0.467 e. The van der Waals surface area contributed by atoms with Gasteiger partial charge in [0, 0.05) is 0 Å². The number of nitriles is 1. The maximum absolute atomic E-state index is 11.8. The molecule has 0 saturated heterocycles. The molecule has 5 nitrogen and oxygen atoms in total. The predicted molar refractivity (Wildman–Crippen MR) is 62.8 cm³/mol. The Hall–Kier alpha value is -1.57. The van der Waals surface area contributed by atoms with Gasteiger partial charge in [-0.1, -0.05) is 13.8 Å². The van der Waals surface area contributed by atoms with Gasteiger partial charge in [0.2, 0.25) is 5.91 Å². The van der Waals surface area contributed by atoms with Crippen LogP contribution in [0.2, 0.25) is 0 Å². The van der Waals surface area contributed by atoms with E-state index in [1.54, 1.807) is 0 Å². The Morgan fingerprint density at radius 1 is 1.41 bits per heavy atom. The molecular formula is C12H20N2O3. The Labute approximate surface area is 102 Å². The number of rotatable bonds is 5. The third kappa shape index (κ3) is 4.85. The first-order chi connectivity index (χ1) is 7.74. The van der Waals surface area contributed by atoms with E-state index in [4.69, 9.17) is 5.26 Å². The first-order valence-corrected chi connectivity index (χ1v) is 5.54. The van der Waals surface area contributed by atoms with E-state index in [0.717, 1.165) is 0 Å². The maximum Gasteiger partial charge on any atom is 0.328 e. The zero-order chi connectivity index (χ0) is 13.6. The monoisotopic (exact) mass is 240 g/mol. The Morgan fingerprint density at radius 2 is 1.94 bits per heavy atom. The van der Waals surface area contributed by atoms with Gasteiger partial charge in [0.1, 0.15) is 11.5 Å². The summed E-state index contributed by atoms with van der Waals surface area (Å²) in [6.07, 6.45) is 0.486. The van der Waals surface area contributed by atoms with Crippen molar-refractivity contribution in [1.29, 1.82) is 5.26 Å². The van der Waals surface area contributed by atoms with E-state index in [9.17, 15) is 9.59 Å². The highest BCUT2D eigenvalue weighted by Gasteiger charge is 2.31. The molecular weight excluding hydrogens is 220 g/mol. The number of esters is 1. The number of nitrogens with one attached hydrogen (secondary N) is 1. The lowest BCUT2D eigenvalue weighted by atomic mass is 9.93. The fourth-order valence-electron chi connectivity index (χ4n) is 1.22. The summed E-state index contributed by atoms with van der Waals surface area (Å²) in [5, 5.41) is 11.4. The van der Waals surface area contributed by atoms with Gasteiger partial charge in [0.05, 0.1) is 13.2 Å². The molecule has 0 heterocycles. The van der Waals surface area contributed by atoms with Gasteiger partial charge in [-0.15, -0.1) is 0 Å². The molecule has 0 aliphatic carbocycles. The summed E-state index contributed by atoms with van der Waals surface area (Å²) >= 11 is 0. The number of amides is 1. The third-order valence-electron chi connectivity index (χ3n) is 2.35. The topological polar surface area (TPSA) is 79.2 Å². The average Bonchev–Trinajstić information content (AvgIpc) is 2.26. The van der Waals surface area contributed by atoms with Crippen LogP contribution in [0.4, 0.5) is 0 Å². The zero-order valence-electron chi connectivity index (χ0n) is 11.0. The zero-order valence-corrected chi connectivity index (χ0v) is 11.0. The van der Waals surface area contributed by atoms with Crippen molar-refractivity contribution in [3.05, 3.63) is 0 Å². The Kier molecular flexibility index (Phi) is 5.66. The molecule has 1 atom stereocenters. The van der Waals surface area contributed by atoms with Gasteiger partial charge in [-0.3, -0.25) is 4.79 Å². The van der Waals surface area contributed by atoms with Crippen molar-refractivity contribution in [2.45, 2.75) is 40.2 Å². The van der Waals surface area contributed by atoms with E-state index in [-0.39, 0.29) is 5.92 Å². The number of carbonyl (C=O) groups is 2. The van der Waals surface area contributed by atoms with E-state index >= 15 is 0 Å². The average molecular weight is 240 g/mol. The summed E-state index contributed by atoms with van der Waals surface area (Å²) in [6, 6.07) is 1.20. The van der Waals surface area contributed by atoms with Gasteiger partial charge in [-0.25, -0.2) is 4.79 Å². The van der Waals surface area contributed by atoms with Crippen molar-refractivity contribution in [2.24, 2.45) is 11.3 Å². The first kappa shape index (κ1) is 15.4. The number of hydrogen-bond donors (Lipinski definition) is 1. The van der Waals surface area contributed by atoms with Gasteiger partial charge >= 0.3 is 5.97 Å². The van der Waals surface area contributed by atoms with E-state index in [0.29, 0.717) is 6.42 Å². The molecule has 0 spiro atoms. The number of carbonyl (C=O) groups excluding carboxylic acids is 2. The Morgan fingerprint density at radius 3 is 2.29 bits per heavy atom. The molecule has 0 fully saturated rings. The van der Waals surface area contributed by atoms with Crippen molar-refractivity contribution in [3.8, 4) is 6.07 Å². The van der Waals surface area contributed by atoms with E-state index in [1.807, 2.05) is 19.9 Å². The first-order valence-electron chi connectivity index (χ1n) is 5.54. The second kappa shape index (κ2) is 6.24. The summed E-state index contributed by atoms with van der Waals surface area (Å²) in [7, 11) is 1.28. The highest BCUT2D eigenvalue weighted by Crippen LogP contribution is 2.15. The summed E-state index contributed by atoms with van der Waals surface area (Å²) in [5.41, 5.74) is -1.15. The molecule has 0 aliphatic heterocycles. The van der Waals surface area contributed by atoms with E-state index in [1.165, 1.54) is 21.0 Å². The fourth-order valence-corrected chi connectivity index (χ4v) is 1.22. The Balaban J connectivity index is 4.72.